The van der Waals surface area contributed by atoms with Gasteiger partial charge in [0.25, 0.3) is 5.91 Å². The zero-order valence-electron chi connectivity index (χ0n) is 14.3. The van der Waals surface area contributed by atoms with E-state index in [0.29, 0.717) is 16.2 Å². The van der Waals surface area contributed by atoms with E-state index >= 15 is 0 Å². The average Bonchev–Trinajstić information content (AvgIpc) is 3.25. The number of carbonyl (C=O) groups is 1. The van der Waals surface area contributed by atoms with Crippen molar-refractivity contribution in [1.29, 1.82) is 0 Å². The zero-order valence-corrected chi connectivity index (χ0v) is 16.7. The quantitative estimate of drug-likeness (QED) is 0.536. The number of hydrogen-bond donors (Lipinski definition) is 1. The van der Waals surface area contributed by atoms with Crippen LogP contribution in [0.15, 0.2) is 32.0 Å². The molecule has 0 unspecified atom stereocenters. The lowest BCUT2D eigenvalue weighted by Gasteiger charge is -2.07. The zero-order chi connectivity index (χ0) is 19.4. The lowest BCUT2D eigenvalue weighted by Crippen LogP contribution is -2.17. The predicted molar refractivity (Wildman–Crippen MR) is 99.8 cm³/mol. The van der Waals surface area contributed by atoms with Crippen molar-refractivity contribution in [1.82, 2.24) is 20.0 Å². The molecule has 0 fully saturated rings. The second kappa shape index (κ2) is 8.41. The van der Waals surface area contributed by atoms with E-state index in [9.17, 15) is 9.59 Å². The van der Waals surface area contributed by atoms with Crippen LogP contribution in [0.1, 0.15) is 16.2 Å². The van der Waals surface area contributed by atoms with Crippen molar-refractivity contribution in [2.45, 2.75) is 6.92 Å². The molecular formula is C15H14BrN5O5S. The lowest BCUT2D eigenvalue weighted by molar-refractivity contribution is 0.0989. The molecule has 0 aliphatic heterocycles. The number of rotatable bonds is 7. The molecule has 3 aromatic rings. The van der Waals surface area contributed by atoms with Crippen LogP contribution < -0.4 is 15.7 Å². The Morgan fingerprint density at radius 3 is 2.89 bits per heavy atom. The highest BCUT2D eigenvalue weighted by atomic mass is 79.9. The molecule has 12 heteroatoms. The van der Waals surface area contributed by atoms with Crippen molar-refractivity contribution in [3.8, 4) is 10.9 Å². The molecule has 10 nitrogen and oxygen atoms in total. The first-order valence-corrected chi connectivity index (χ1v) is 9.21. The third kappa shape index (κ3) is 4.40. The van der Waals surface area contributed by atoms with E-state index < -0.39 is 11.5 Å². The molecule has 27 heavy (non-hydrogen) atoms. The Hall–Kier alpha value is -2.57. The van der Waals surface area contributed by atoms with Gasteiger partial charge < -0.3 is 13.9 Å². The number of carbonyl (C=O) groups excluding carboxylic acids is 1. The lowest BCUT2D eigenvalue weighted by atomic mass is 10.3. The van der Waals surface area contributed by atoms with Crippen LogP contribution in [0.25, 0.3) is 5.13 Å². The van der Waals surface area contributed by atoms with Crippen molar-refractivity contribution in [2.24, 2.45) is 0 Å². The molecule has 0 bridgehead atoms. The van der Waals surface area contributed by atoms with Crippen molar-refractivity contribution >= 4 is 38.3 Å². The summed E-state index contributed by atoms with van der Waals surface area (Å²) < 4.78 is 17.0. The van der Waals surface area contributed by atoms with Gasteiger partial charge in [-0.15, -0.1) is 10.2 Å². The summed E-state index contributed by atoms with van der Waals surface area (Å²) in [6.07, 6.45) is 1.64. The van der Waals surface area contributed by atoms with Crippen LogP contribution in [0.5, 0.6) is 5.75 Å². The minimum Gasteiger partial charge on any atom is -0.483 e. The summed E-state index contributed by atoms with van der Waals surface area (Å²) in [6.45, 7) is 2.35. The number of ether oxygens (including phenoxy) is 2. The van der Waals surface area contributed by atoms with E-state index in [4.69, 9.17) is 13.9 Å². The van der Waals surface area contributed by atoms with Crippen LogP contribution in [0, 0.1) is 6.92 Å². The van der Waals surface area contributed by atoms with Gasteiger partial charge in [0.2, 0.25) is 16.0 Å². The molecule has 1 amide bonds. The molecule has 3 rings (SSSR count). The first-order chi connectivity index (χ1) is 13.0. The molecule has 1 N–H and O–H groups in total. The highest BCUT2D eigenvalue weighted by Crippen LogP contribution is 2.24. The van der Waals surface area contributed by atoms with Gasteiger partial charge in [-0.3, -0.25) is 10.1 Å². The summed E-state index contributed by atoms with van der Waals surface area (Å²) in [6, 6.07) is 3.17. The molecule has 0 aromatic carbocycles. The first-order valence-electron chi connectivity index (χ1n) is 7.61. The molecule has 0 saturated heterocycles. The fraction of sp³-hybridized carbons (Fsp3) is 0.267. The third-order valence-corrected chi connectivity index (χ3v) is 4.67. The fourth-order valence-corrected chi connectivity index (χ4v) is 3.24. The van der Waals surface area contributed by atoms with Crippen molar-refractivity contribution < 1.29 is 18.7 Å². The van der Waals surface area contributed by atoms with Crippen molar-refractivity contribution in [3.63, 3.8) is 0 Å². The minimum atomic E-state index is -0.782. The van der Waals surface area contributed by atoms with Crippen LogP contribution in [-0.2, 0) is 4.74 Å². The van der Waals surface area contributed by atoms with E-state index in [-0.39, 0.29) is 23.2 Å². The van der Waals surface area contributed by atoms with Gasteiger partial charge in [-0.25, -0.2) is 9.48 Å². The minimum absolute atomic E-state index is 0.0315. The number of aryl methyl sites for hydroxylation is 1. The van der Waals surface area contributed by atoms with E-state index in [1.165, 1.54) is 13.2 Å². The first kappa shape index (κ1) is 19.2. The van der Waals surface area contributed by atoms with Gasteiger partial charge in [0.1, 0.15) is 6.61 Å². The standard InChI is InChI=1S/C15H14BrN5O5S/c1-8-3-4-17-21(8)15-20-19-14(27-15)18-12(22)10-7-9(16)11(13(23)26-10)25-6-5-24-2/h3-4,7H,5-6H2,1-2H3,(H,18,19,22). The monoisotopic (exact) mass is 455 g/mol. The fourth-order valence-electron chi connectivity index (χ4n) is 2.00. The smallest absolute Gasteiger partial charge is 0.380 e. The Bertz CT molecular complexity index is 1010. The topological polar surface area (TPSA) is 121 Å². The van der Waals surface area contributed by atoms with Gasteiger partial charge in [0.15, 0.2) is 5.76 Å². The Morgan fingerprint density at radius 2 is 2.22 bits per heavy atom. The largest absolute Gasteiger partial charge is 0.483 e. The number of nitrogens with zero attached hydrogens (tertiary/aromatic N) is 4. The highest BCUT2D eigenvalue weighted by molar-refractivity contribution is 9.10. The van der Waals surface area contributed by atoms with Crippen LogP contribution in [0.2, 0.25) is 0 Å². The maximum absolute atomic E-state index is 12.3. The Labute approximate surface area is 165 Å². The summed E-state index contributed by atoms with van der Waals surface area (Å²) in [5.74, 6) is -0.870. The van der Waals surface area contributed by atoms with E-state index in [2.05, 4.69) is 36.5 Å². The Morgan fingerprint density at radius 1 is 1.41 bits per heavy atom. The maximum atomic E-state index is 12.3. The van der Waals surface area contributed by atoms with Crippen molar-refractivity contribution in [2.75, 3.05) is 25.6 Å². The predicted octanol–water partition coefficient (Wildman–Crippen LogP) is 2.03. The number of hydrogen-bond acceptors (Lipinski definition) is 9. The molecular weight excluding hydrogens is 442 g/mol. The second-order valence-corrected chi connectivity index (χ2v) is 6.96. The SMILES string of the molecule is COCCOc1c(Br)cc(C(=O)Nc2nnc(-n3nccc3C)s2)oc1=O. The summed E-state index contributed by atoms with van der Waals surface area (Å²) in [5.41, 5.74) is 0.0961. The molecule has 3 heterocycles. The van der Waals surface area contributed by atoms with E-state index in [1.807, 2.05) is 13.0 Å². The third-order valence-electron chi connectivity index (χ3n) is 3.27. The molecule has 0 radical (unpaired) electrons. The molecule has 0 spiro atoms. The van der Waals surface area contributed by atoms with Gasteiger partial charge in [-0.2, -0.15) is 5.10 Å². The molecule has 0 atom stereocenters. The molecule has 0 aliphatic rings. The number of anilines is 1. The second-order valence-electron chi connectivity index (χ2n) is 5.14. The van der Waals surface area contributed by atoms with E-state index in [1.54, 1.807) is 10.9 Å². The number of aromatic nitrogens is 4. The van der Waals surface area contributed by atoms with Crippen LogP contribution in [0.4, 0.5) is 5.13 Å². The van der Waals surface area contributed by atoms with E-state index in [0.717, 1.165) is 17.0 Å². The van der Waals surface area contributed by atoms with Crippen LogP contribution in [0.3, 0.4) is 0 Å². The number of amides is 1. The summed E-state index contributed by atoms with van der Waals surface area (Å²) in [5, 5.41) is 15.3. The number of nitrogens with one attached hydrogen (secondary N) is 1. The van der Waals surface area contributed by atoms with Gasteiger partial charge >= 0.3 is 5.63 Å². The normalized spacial score (nSPS) is 10.8. The summed E-state index contributed by atoms with van der Waals surface area (Å²) >= 11 is 4.33. The number of halogens is 1. The molecule has 142 valence electrons. The van der Waals surface area contributed by atoms with Crippen LogP contribution in [-0.4, -0.2) is 46.2 Å². The maximum Gasteiger partial charge on any atom is 0.380 e. The van der Waals surface area contributed by atoms with Gasteiger partial charge in [0, 0.05) is 25.1 Å². The Balaban J connectivity index is 1.74. The van der Waals surface area contributed by atoms with Gasteiger partial charge in [-0.1, -0.05) is 11.3 Å². The van der Waals surface area contributed by atoms with Gasteiger partial charge in [-0.05, 0) is 28.9 Å². The summed E-state index contributed by atoms with van der Waals surface area (Å²) in [7, 11) is 1.51. The summed E-state index contributed by atoms with van der Waals surface area (Å²) in [4.78, 5) is 24.4. The van der Waals surface area contributed by atoms with Crippen LogP contribution >= 0.6 is 27.3 Å². The highest BCUT2D eigenvalue weighted by Gasteiger charge is 2.18. The average molecular weight is 456 g/mol. The van der Waals surface area contributed by atoms with Crippen molar-refractivity contribution in [3.05, 3.63) is 44.7 Å². The molecule has 3 aromatic heterocycles. The molecule has 0 saturated carbocycles. The molecule has 0 aliphatic carbocycles. The Kier molecular flexibility index (Phi) is 5.98. The van der Waals surface area contributed by atoms with Gasteiger partial charge in [0.05, 0.1) is 11.1 Å². The number of methoxy groups -OCH3 is 1.